The number of rotatable bonds is 5. The molecule has 1 aliphatic heterocycles. The van der Waals surface area contributed by atoms with Crippen molar-refractivity contribution in [1.82, 2.24) is 10.2 Å². The maximum absolute atomic E-state index is 8.86. The van der Waals surface area contributed by atoms with E-state index in [-0.39, 0.29) is 0 Å². The zero-order chi connectivity index (χ0) is 13.8. The van der Waals surface area contributed by atoms with Crippen molar-refractivity contribution in [2.75, 3.05) is 19.6 Å². The summed E-state index contributed by atoms with van der Waals surface area (Å²) in [5.74, 6) is 0.857. The molecule has 2 fully saturated rings. The van der Waals surface area contributed by atoms with Crippen molar-refractivity contribution in [3.8, 4) is 6.07 Å². The van der Waals surface area contributed by atoms with Gasteiger partial charge in [-0.15, -0.1) is 0 Å². The number of hydrogen-bond donors (Lipinski definition) is 1. The molecule has 0 aromatic heterocycles. The SMILES string of the molecule is N#Cc1ccc(CN(CC2CCNCC2)C2CC2)cc1. The van der Waals surface area contributed by atoms with Crippen LogP contribution in [0.15, 0.2) is 24.3 Å². The average molecular weight is 269 g/mol. The normalized spacial score (nSPS) is 20.0. The number of piperidine rings is 1. The minimum absolute atomic E-state index is 0.755. The molecule has 2 aliphatic rings. The molecule has 0 atom stereocenters. The fraction of sp³-hybridized carbons (Fsp3) is 0.588. The van der Waals surface area contributed by atoms with E-state index >= 15 is 0 Å². The Balaban J connectivity index is 1.60. The molecule has 3 heteroatoms. The van der Waals surface area contributed by atoms with E-state index in [0.717, 1.165) is 24.1 Å². The van der Waals surface area contributed by atoms with Crippen LogP contribution in [0.1, 0.15) is 36.8 Å². The third kappa shape index (κ3) is 3.59. The van der Waals surface area contributed by atoms with Gasteiger partial charge in [0.15, 0.2) is 0 Å². The van der Waals surface area contributed by atoms with Crippen molar-refractivity contribution in [3.05, 3.63) is 35.4 Å². The molecule has 3 nitrogen and oxygen atoms in total. The van der Waals surface area contributed by atoms with Crippen molar-refractivity contribution < 1.29 is 0 Å². The predicted molar refractivity (Wildman–Crippen MR) is 80.2 cm³/mol. The topological polar surface area (TPSA) is 39.1 Å². The predicted octanol–water partition coefficient (Wildman–Crippen LogP) is 2.52. The maximum atomic E-state index is 8.86. The summed E-state index contributed by atoms with van der Waals surface area (Å²) in [5, 5.41) is 12.3. The molecule has 1 heterocycles. The highest BCUT2D eigenvalue weighted by Gasteiger charge is 2.30. The standard InChI is InChI=1S/C17H23N3/c18-11-14-1-3-15(4-2-14)12-20(17-5-6-17)13-16-7-9-19-10-8-16/h1-4,16-17,19H,5-10,12-13H2. The second-order valence-electron chi connectivity index (χ2n) is 6.16. The second kappa shape index (κ2) is 6.39. The number of hydrogen-bond acceptors (Lipinski definition) is 3. The van der Waals surface area contributed by atoms with Gasteiger partial charge < -0.3 is 5.32 Å². The lowest BCUT2D eigenvalue weighted by molar-refractivity contribution is 0.190. The lowest BCUT2D eigenvalue weighted by Gasteiger charge is -2.30. The summed E-state index contributed by atoms with van der Waals surface area (Å²) in [6, 6.07) is 11.1. The Morgan fingerprint density at radius 3 is 2.40 bits per heavy atom. The van der Waals surface area contributed by atoms with Gasteiger partial charge in [-0.3, -0.25) is 4.90 Å². The summed E-state index contributed by atoms with van der Waals surface area (Å²) in [7, 11) is 0. The Morgan fingerprint density at radius 2 is 1.80 bits per heavy atom. The van der Waals surface area contributed by atoms with Crippen molar-refractivity contribution in [2.45, 2.75) is 38.3 Å². The third-order valence-electron chi connectivity index (χ3n) is 4.48. The highest BCUT2D eigenvalue weighted by Crippen LogP contribution is 2.30. The van der Waals surface area contributed by atoms with Crippen molar-refractivity contribution in [3.63, 3.8) is 0 Å². The molecule has 0 amide bonds. The van der Waals surface area contributed by atoms with E-state index in [0.29, 0.717) is 0 Å². The van der Waals surface area contributed by atoms with Crippen LogP contribution in [0.5, 0.6) is 0 Å². The summed E-state index contributed by atoms with van der Waals surface area (Å²) >= 11 is 0. The quantitative estimate of drug-likeness (QED) is 0.892. The Bertz CT molecular complexity index is 464. The molecular formula is C17H23N3. The first-order valence-corrected chi connectivity index (χ1v) is 7.79. The van der Waals surface area contributed by atoms with Gasteiger partial charge in [0.05, 0.1) is 11.6 Å². The maximum Gasteiger partial charge on any atom is 0.0991 e. The smallest absolute Gasteiger partial charge is 0.0991 e. The van der Waals surface area contributed by atoms with Gasteiger partial charge in [0, 0.05) is 19.1 Å². The largest absolute Gasteiger partial charge is 0.317 e. The lowest BCUT2D eigenvalue weighted by Crippen LogP contribution is -2.37. The van der Waals surface area contributed by atoms with Gasteiger partial charge in [-0.1, -0.05) is 12.1 Å². The van der Waals surface area contributed by atoms with Gasteiger partial charge in [-0.25, -0.2) is 0 Å². The Hall–Kier alpha value is -1.37. The van der Waals surface area contributed by atoms with E-state index in [2.05, 4.69) is 28.4 Å². The van der Waals surface area contributed by atoms with Crippen LogP contribution in [-0.2, 0) is 6.54 Å². The van der Waals surface area contributed by atoms with Crippen LogP contribution in [0, 0.1) is 17.2 Å². The molecule has 1 aliphatic carbocycles. The molecule has 20 heavy (non-hydrogen) atoms. The molecule has 1 aromatic carbocycles. The number of nitrogens with zero attached hydrogens (tertiary/aromatic N) is 2. The minimum Gasteiger partial charge on any atom is -0.317 e. The van der Waals surface area contributed by atoms with Crippen molar-refractivity contribution in [2.24, 2.45) is 5.92 Å². The summed E-state index contributed by atoms with van der Waals surface area (Å²) < 4.78 is 0. The molecule has 0 radical (unpaired) electrons. The third-order valence-corrected chi connectivity index (χ3v) is 4.48. The molecular weight excluding hydrogens is 246 g/mol. The van der Waals surface area contributed by atoms with Crippen molar-refractivity contribution >= 4 is 0 Å². The number of nitriles is 1. The van der Waals surface area contributed by atoms with Crippen molar-refractivity contribution in [1.29, 1.82) is 5.26 Å². The highest BCUT2D eigenvalue weighted by molar-refractivity contribution is 5.31. The molecule has 106 valence electrons. The van der Waals surface area contributed by atoms with Gasteiger partial charge in [0.1, 0.15) is 0 Å². The molecule has 0 spiro atoms. The first-order chi connectivity index (χ1) is 9.85. The van der Waals surface area contributed by atoms with E-state index in [4.69, 9.17) is 5.26 Å². The van der Waals surface area contributed by atoms with Gasteiger partial charge >= 0.3 is 0 Å². The van der Waals surface area contributed by atoms with Gasteiger partial charge in [-0.2, -0.15) is 5.26 Å². The van der Waals surface area contributed by atoms with Gasteiger partial charge in [-0.05, 0) is 62.4 Å². The van der Waals surface area contributed by atoms with Crippen LogP contribution in [0.2, 0.25) is 0 Å². The first kappa shape index (κ1) is 13.6. The summed E-state index contributed by atoms with van der Waals surface area (Å²) in [4.78, 5) is 2.66. The molecule has 0 bridgehead atoms. The van der Waals surface area contributed by atoms with Crippen LogP contribution >= 0.6 is 0 Å². The van der Waals surface area contributed by atoms with E-state index in [1.54, 1.807) is 0 Å². The summed E-state index contributed by atoms with van der Waals surface area (Å²) in [6.07, 6.45) is 5.36. The zero-order valence-electron chi connectivity index (χ0n) is 12.0. The minimum atomic E-state index is 0.755. The van der Waals surface area contributed by atoms with E-state index < -0.39 is 0 Å². The highest BCUT2D eigenvalue weighted by atomic mass is 15.2. The first-order valence-electron chi connectivity index (χ1n) is 7.79. The van der Waals surface area contributed by atoms with E-state index in [1.807, 2.05) is 12.1 Å². The van der Waals surface area contributed by atoms with Crippen LogP contribution in [-0.4, -0.2) is 30.6 Å². The molecule has 0 unspecified atom stereocenters. The Kier molecular flexibility index (Phi) is 4.34. The van der Waals surface area contributed by atoms with Crippen LogP contribution in [0.3, 0.4) is 0 Å². The molecule has 3 rings (SSSR count). The Morgan fingerprint density at radius 1 is 1.10 bits per heavy atom. The lowest BCUT2D eigenvalue weighted by atomic mass is 9.97. The zero-order valence-corrected chi connectivity index (χ0v) is 12.0. The van der Waals surface area contributed by atoms with Gasteiger partial charge in [0.2, 0.25) is 0 Å². The summed E-state index contributed by atoms with van der Waals surface area (Å²) in [5.41, 5.74) is 2.09. The Labute approximate surface area is 121 Å². The monoisotopic (exact) mass is 269 g/mol. The number of benzene rings is 1. The molecule has 1 N–H and O–H groups in total. The number of nitrogens with one attached hydrogen (secondary N) is 1. The average Bonchev–Trinajstić information content (AvgIpc) is 3.33. The summed E-state index contributed by atoms with van der Waals surface area (Å²) in [6.45, 7) is 4.65. The molecule has 1 saturated heterocycles. The van der Waals surface area contributed by atoms with E-state index in [9.17, 15) is 0 Å². The second-order valence-corrected chi connectivity index (χ2v) is 6.16. The van der Waals surface area contributed by atoms with Crippen LogP contribution in [0.4, 0.5) is 0 Å². The van der Waals surface area contributed by atoms with Gasteiger partial charge in [0.25, 0.3) is 0 Å². The van der Waals surface area contributed by atoms with Crippen LogP contribution in [0.25, 0.3) is 0 Å². The fourth-order valence-electron chi connectivity index (χ4n) is 3.10. The molecule has 1 saturated carbocycles. The van der Waals surface area contributed by atoms with Crippen LogP contribution < -0.4 is 5.32 Å². The fourth-order valence-corrected chi connectivity index (χ4v) is 3.10. The molecule has 1 aromatic rings. The van der Waals surface area contributed by atoms with E-state index in [1.165, 1.54) is 50.9 Å².